The van der Waals surface area contributed by atoms with Crippen LogP contribution < -0.4 is 5.69 Å². The Morgan fingerprint density at radius 1 is 1.56 bits per heavy atom. The Kier molecular flexibility index (Phi) is 4.54. The number of carbonyl (C=O) groups is 1. The summed E-state index contributed by atoms with van der Waals surface area (Å²) in [4.78, 5) is 28.2. The second kappa shape index (κ2) is 5.69. The van der Waals surface area contributed by atoms with Gasteiger partial charge in [0, 0.05) is 5.69 Å². The number of carboxylic acids is 1. The SMILES string of the molecule is CCCCSc1nc(=O)[nH]c(C)c1C(=O)O. The molecule has 1 aromatic heterocycles. The number of aryl methyl sites for hydroxylation is 1. The predicted molar refractivity (Wildman–Crippen MR) is 62.2 cm³/mol. The van der Waals surface area contributed by atoms with Crippen molar-refractivity contribution >= 4 is 17.7 Å². The minimum Gasteiger partial charge on any atom is -0.478 e. The first kappa shape index (κ1) is 12.8. The molecule has 0 aliphatic carbocycles. The Labute approximate surface area is 97.3 Å². The second-order valence-corrected chi connectivity index (χ2v) is 4.44. The number of H-pyrrole nitrogens is 1. The summed E-state index contributed by atoms with van der Waals surface area (Å²) >= 11 is 1.32. The first-order valence-electron chi connectivity index (χ1n) is 5.03. The lowest BCUT2D eigenvalue weighted by atomic mass is 10.2. The highest BCUT2D eigenvalue weighted by atomic mass is 32.2. The summed E-state index contributed by atoms with van der Waals surface area (Å²) in [6.07, 6.45) is 1.99. The van der Waals surface area contributed by atoms with Gasteiger partial charge in [0.05, 0.1) is 0 Å². The van der Waals surface area contributed by atoms with E-state index in [1.54, 1.807) is 6.92 Å². The molecular weight excluding hydrogens is 228 g/mol. The van der Waals surface area contributed by atoms with Crippen molar-refractivity contribution < 1.29 is 9.90 Å². The fourth-order valence-corrected chi connectivity index (χ4v) is 2.39. The van der Waals surface area contributed by atoms with Gasteiger partial charge in [-0.2, -0.15) is 4.98 Å². The molecule has 6 heteroatoms. The third kappa shape index (κ3) is 3.10. The highest BCUT2D eigenvalue weighted by molar-refractivity contribution is 7.99. The zero-order valence-corrected chi connectivity index (χ0v) is 10.1. The van der Waals surface area contributed by atoms with Crippen LogP contribution in [-0.2, 0) is 0 Å². The molecule has 16 heavy (non-hydrogen) atoms. The summed E-state index contributed by atoms with van der Waals surface area (Å²) in [5.74, 6) is -0.285. The van der Waals surface area contributed by atoms with Gasteiger partial charge < -0.3 is 10.1 Å². The van der Waals surface area contributed by atoms with Crippen LogP contribution in [-0.4, -0.2) is 26.8 Å². The molecule has 0 unspecified atom stereocenters. The average molecular weight is 242 g/mol. The number of thioether (sulfide) groups is 1. The van der Waals surface area contributed by atoms with Crippen LogP contribution in [0.4, 0.5) is 0 Å². The molecule has 0 aromatic carbocycles. The lowest BCUT2D eigenvalue weighted by molar-refractivity contribution is 0.0690. The number of hydrogen-bond donors (Lipinski definition) is 2. The summed E-state index contributed by atoms with van der Waals surface area (Å²) in [6, 6.07) is 0. The van der Waals surface area contributed by atoms with Crippen molar-refractivity contribution in [1.29, 1.82) is 0 Å². The predicted octanol–water partition coefficient (Wildman–Crippen LogP) is 1.67. The largest absolute Gasteiger partial charge is 0.478 e. The van der Waals surface area contributed by atoms with Crippen LogP contribution in [0.2, 0.25) is 0 Å². The van der Waals surface area contributed by atoms with E-state index in [0.717, 1.165) is 18.6 Å². The van der Waals surface area contributed by atoms with Crippen molar-refractivity contribution in [2.75, 3.05) is 5.75 Å². The third-order valence-corrected chi connectivity index (χ3v) is 3.10. The van der Waals surface area contributed by atoms with E-state index in [1.165, 1.54) is 11.8 Å². The van der Waals surface area contributed by atoms with Crippen LogP contribution >= 0.6 is 11.8 Å². The van der Waals surface area contributed by atoms with E-state index < -0.39 is 11.7 Å². The number of rotatable bonds is 5. The molecule has 0 bridgehead atoms. The van der Waals surface area contributed by atoms with Crippen LogP contribution in [0.3, 0.4) is 0 Å². The van der Waals surface area contributed by atoms with Crippen molar-refractivity contribution in [3.05, 3.63) is 21.7 Å². The maximum atomic E-state index is 11.1. The highest BCUT2D eigenvalue weighted by Crippen LogP contribution is 2.21. The van der Waals surface area contributed by atoms with Gasteiger partial charge in [-0.05, 0) is 19.1 Å². The van der Waals surface area contributed by atoms with Crippen LogP contribution in [0.25, 0.3) is 0 Å². The van der Waals surface area contributed by atoms with Gasteiger partial charge in [-0.25, -0.2) is 9.59 Å². The number of unbranched alkanes of at least 4 members (excludes halogenated alkanes) is 1. The topological polar surface area (TPSA) is 83.0 Å². The molecule has 2 N–H and O–H groups in total. The van der Waals surface area contributed by atoms with Crippen molar-refractivity contribution in [3.63, 3.8) is 0 Å². The van der Waals surface area contributed by atoms with Gasteiger partial charge in [-0.15, -0.1) is 11.8 Å². The average Bonchev–Trinajstić information content (AvgIpc) is 2.16. The summed E-state index contributed by atoms with van der Waals surface area (Å²) in [6.45, 7) is 3.62. The fraction of sp³-hybridized carbons (Fsp3) is 0.500. The van der Waals surface area contributed by atoms with E-state index in [4.69, 9.17) is 5.11 Å². The number of aromatic amines is 1. The minimum absolute atomic E-state index is 0.0979. The molecule has 0 spiro atoms. The molecule has 0 aliphatic heterocycles. The smallest absolute Gasteiger partial charge is 0.346 e. The molecule has 88 valence electrons. The number of aromatic carboxylic acids is 1. The van der Waals surface area contributed by atoms with Crippen molar-refractivity contribution in [3.8, 4) is 0 Å². The Morgan fingerprint density at radius 2 is 2.25 bits per heavy atom. The summed E-state index contributed by atoms with van der Waals surface area (Å²) in [7, 11) is 0. The maximum Gasteiger partial charge on any atom is 0.346 e. The molecular formula is C10H14N2O3S. The Balaban J connectivity index is 3.04. The van der Waals surface area contributed by atoms with Gasteiger partial charge in [-0.3, -0.25) is 0 Å². The standard InChI is InChI=1S/C10H14N2O3S/c1-3-4-5-16-8-7(9(13)14)6(2)11-10(15)12-8/h3-5H2,1-2H3,(H,13,14)(H,11,12,15). The summed E-state index contributed by atoms with van der Waals surface area (Å²) in [5, 5.41) is 9.33. The molecule has 0 fully saturated rings. The molecule has 0 atom stereocenters. The van der Waals surface area contributed by atoms with Crippen molar-refractivity contribution in [2.24, 2.45) is 0 Å². The number of hydrogen-bond acceptors (Lipinski definition) is 4. The first-order valence-corrected chi connectivity index (χ1v) is 6.01. The lowest BCUT2D eigenvalue weighted by Gasteiger charge is -2.06. The highest BCUT2D eigenvalue weighted by Gasteiger charge is 2.16. The number of nitrogens with zero attached hydrogens (tertiary/aromatic N) is 1. The lowest BCUT2D eigenvalue weighted by Crippen LogP contribution is -2.18. The Bertz CT molecular complexity index is 442. The minimum atomic E-state index is -1.06. The second-order valence-electron chi connectivity index (χ2n) is 3.35. The summed E-state index contributed by atoms with van der Waals surface area (Å²) < 4.78 is 0. The molecule has 0 saturated carbocycles. The molecule has 1 heterocycles. The van der Waals surface area contributed by atoms with Crippen molar-refractivity contribution in [1.82, 2.24) is 9.97 Å². The van der Waals surface area contributed by atoms with Gasteiger partial charge in [0.2, 0.25) is 0 Å². The Hall–Kier alpha value is -1.30. The molecule has 5 nitrogen and oxygen atoms in total. The van der Waals surface area contributed by atoms with Gasteiger partial charge >= 0.3 is 11.7 Å². The van der Waals surface area contributed by atoms with Gasteiger partial charge in [0.1, 0.15) is 10.6 Å². The molecule has 1 aromatic rings. The normalized spacial score (nSPS) is 10.4. The van der Waals surface area contributed by atoms with E-state index in [9.17, 15) is 9.59 Å². The molecule has 0 aliphatic rings. The van der Waals surface area contributed by atoms with E-state index in [1.807, 2.05) is 0 Å². The van der Waals surface area contributed by atoms with E-state index in [0.29, 0.717) is 10.7 Å². The number of aromatic nitrogens is 2. The summed E-state index contributed by atoms with van der Waals surface area (Å²) in [5.41, 5.74) is -0.0475. The van der Waals surface area contributed by atoms with Crippen molar-refractivity contribution in [2.45, 2.75) is 31.7 Å². The molecule has 0 amide bonds. The monoisotopic (exact) mass is 242 g/mol. The van der Waals surface area contributed by atoms with E-state index in [2.05, 4.69) is 16.9 Å². The van der Waals surface area contributed by atoms with Crippen LogP contribution in [0.1, 0.15) is 35.8 Å². The van der Waals surface area contributed by atoms with Gasteiger partial charge in [0.15, 0.2) is 0 Å². The number of carboxylic acid groups (broad SMARTS) is 1. The van der Waals surface area contributed by atoms with Crippen LogP contribution in [0.5, 0.6) is 0 Å². The van der Waals surface area contributed by atoms with Gasteiger partial charge in [-0.1, -0.05) is 13.3 Å². The zero-order valence-electron chi connectivity index (χ0n) is 9.24. The molecule has 1 rings (SSSR count). The van der Waals surface area contributed by atoms with E-state index >= 15 is 0 Å². The van der Waals surface area contributed by atoms with Crippen LogP contribution in [0.15, 0.2) is 9.82 Å². The fourth-order valence-electron chi connectivity index (χ4n) is 1.23. The zero-order chi connectivity index (χ0) is 12.1. The Morgan fingerprint density at radius 3 is 2.81 bits per heavy atom. The van der Waals surface area contributed by atoms with Crippen LogP contribution in [0, 0.1) is 6.92 Å². The molecule has 0 saturated heterocycles. The third-order valence-electron chi connectivity index (χ3n) is 2.04. The van der Waals surface area contributed by atoms with E-state index in [-0.39, 0.29) is 5.56 Å². The quantitative estimate of drug-likeness (QED) is 0.466. The maximum absolute atomic E-state index is 11.1. The molecule has 0 radical (unpaired) electrons. The first-order chi connectivity index (χ1) is 7.56. The van der Waals surface area contributed by atoms with Gasteiger partial charge in [0.25, 0.3) is 0 Å². The number of nitrogens with one attached hydrogen (secondary N) is 1.